The number of likely N-dealkylation sites (tertiary alicyclic amines) is 1. The zero-order valence-electron chi connectivity index (χ0n) is 17.3. The molecule has 30 heavy (non-hydrogen) atoms. The minimum Gasteiger partial charge on any atom is -0.490 e. The van der Waals surface area contributed by atoms with E-state index in [1.165, 1.54) is 32.7 Å². The lowest BCUT2D eigenvalue weighted by Gasteiger charge is -2.32. The third kappa shape index (κ3) is 4.28. The van der Waals surface area contributed by atoms with Crippen LogP contribution in [-0.4, -0.2) is 29.1 Å². The van der Waals surface area contributed by atoms with Gasteiger partial charge in [-0.15, -0.1) is 12.4 Å². The van der Waals surface area contributed by atoms with Crippen LogP contribution in [0, 0.1) is 6.92 Å². The lowest BCUT2D eigenvalue weighted by molar-refractivity contribution is 0.0966. The Hall–Kier alpha value is -2.62. The van der Waals surface area contributed by atoms with Gasteiger partial charge in [-0.05, 0) is 65.3 Å². The molecule has 1 fully saturated rings. The molecule has 0 amide bonds. The Morgan fingerprint density at radius 1 is 0.933 bits per heavy atom. The summed E-state index contributed by atoms with van der Waals surface area (Å²) in [6.45, 7) is 5.28. The van der Waals surface area contributed by atoms with Crippen LogP contribution in [0.4, 0.5) is 0 Å². The van der Waals surface area contributed by atoms with Crippen molar-refractivity contribution >= 4 is 34.0 Å². The number of aryl methyl sites for hydroxylation is 1. The van der Waals surface area contributed by atoms with Crippen LogP contribution in [-0.2, 0) is 6.54 Å². The van der Waals surface area contributed by atoms with Crippen LogP contribution in [0.5, 0.6) is 5.75 Å². The number of pyridine rings is 1. The molecule has 1 saturated heterocycles. The van der Waals surface area contributed by atoms with Crippen LogP contribution < -0.4 is 4.74 Å². The number of halogens is 1. The fourth-order valence-corrected chi connectivity index (χ4v) is 4.39. The van der Waals surface area contributed by atoms with Gasteiger partial charge in [0.25, 0.3) is 0 Å². The third-order valence-corrected chi connectivity index (χ3v) is 6.04. The van der Waals surface area contributed by atoms with Crippen LogP contribution in [0.1, 0.15) is 24.0 Å². The summed E-state index contributed by atoms with van der Waals surface area (Å²) in [7, 11) is 0. The second-order valence-electron chi connectivity index (χ2n) is 8.07. The first kappa shape index (κ1) is 20.6. The van der Waals surface area contributed by atoms with E-state index in [1.807, 2.05) is 12.4 Å². The van der Waals surface area contributed by atoms with E-state index < -0.39 is 0 Å². The summed E-state index contributed by atoms with van der Waals surface area (Å²) in [6, 6.07) is 21.7. The van der Waals surface area contributed by atoms with Gasteiger partial charge in [-0.25, -0.2) is 0 Å². The summed E-state index contributed by atoms with van der Waals surface area (Å²) in [4.78, 5) is 6.77. The fraction of sp³-hybridized carbons (Fsp3) is 0.269. The highest BCUT2D eigenvalue weighted by molar-refractivity contribution is 5.86. The van der Waals surface area contributed by atoms with Gasteiger partial charge in [-0.2, -0.15) is 0 Å². The molecule has 0 spiro atoms. The molecule has 154 valence electrons. The van der Waals surface area contributed by atoms with Crippen molar-refractivity contribution in [1.82, 2.24) is 9.88 Å². The molecule has 4 aromatic rings. The number of aromatic nitrogens is 1. The molecule has 0 radical (unpaired) electrons. The molecule has 0 saturated carbocycles. The number of rotatable bonds is 4. The van der Waals surface area contributed by atoms with Crippen LogP contribution in [0.15, 0.2) is 73.1 Å². The Kier molecular flexibility index (Phi) is 6.21. The Bertz CT molecular complexity index is 1150. The SMILES string of the molecule is Cc1cc2cnccc2cc1OC1CCN(Cc2cccc3ccccc23)CC1.Cl. The van der Waals surface area contributed by atoms with E-state index in [0.29, 0.717) is 0 Å². The number of piperidine rings is 1. The van der Waals surface area contributed by atoms with Crippen molar-refractivity contribution < 1.29 is 4.74 Å². The Labute approximate surface area is 184 Å². The van der Waals surface area contributed by atoms with E-state index in [-0.39, 0.29) is 18.5 Å². The first-order chi connectivity index (χ1) is 14.3. The summed E-state index contributed by atoms with van der Waals surface area (Å²) in [5, 5.41) is 5.05. The Morgan fingerprint density at radius 3 is 2.60 bits per heavy atom. The molecule has 0 N–H and O–H groups in total. The van der Waals surface area contributed by atoms with Crippen molar-refractivity contribution in [1.29, 1.82) is 0 Å². The lowest BCUT2D eigenvalue weighted by atomic mass is 10.0. The van der Waals surface area contributed by atoms with Crippen LogP contribution in [0.3, 0.4) is 0 Å². The molecule has 0 aliphatic carbocycles. The van der Waals surface area contributed by atoms with Crippen molar-refractivity contribution in [2.75, 3.05) is 13.1 Å². The number of fused-ring (bicyclic) bond motifs is 2. The molecule has 3 aromatic carbocycles. The summed E-state index contributed by atoms with van der Waals surface area (Å²) in [5.41, 5.74) is 2.60. The van der Waals surface area contributed by atoms with Gasteiger partial charge in [0.15, 0.2) is 0 Å². The number of hydrogen-bond acceptors (Lipinski definition) is 3. The van der Waals surface area contributed by atoms with E-state index in [1.54, 1.807) is 0 Å². The van der Waals surface area contributed by atoms with Crippen molar-refractivity contribution in [3.8, 4) is 5.75 Å². The molecule has 1 aliphatic rings. The monoisotopic (exact) mass is 418 g/mol. The summed E-state index contributed by atoms with van der Waals surface area (Å²) in [5.74, 6) is 1.01. The van der Waals surface area contributed by atoms with Crippen LogP contribution >= 0.6 is 12.4 Å². The van der Waals surface area contributed by atoms with E-state index in [9.17, 15) is 0 Å². The molecule has 5 rings (SSSR count). The van der Waals surface area contributed by atoms with Gasteiger partial charge in [0.05, 0.1) is 0 Å². The van der Waals surface area contributed by atoms with E-state index in [4.69, 9.17) is 4.74 Å². The predicted octanol–water partition coefficient (Wildman–Crippen LogP) is 6.16. The Balaban J connectivity index is 0.00000218. The second-order valence-corrected chi connectivity index (χ2v) is 8.07. The second kappa shape index (κ2) is 9.03. The lowest BCUT2D eigenvalue weighted by Crippen LogP contribution is -2.37. The topological polar surface area (TPSA) is 25.4 Å². The number of nitrogens with zero attached hydrogens (tertiary/aromatic N) is 2. The van der Waals surface area contributed by atoms with Crippen molar-refractivity contribution in [2.24, 2.45) is 0 Å². The van der Waals surface area contributed by atoms with Crippen LogP contribution in [0.2, 0.25) is 0 Å². The highest BCUT2D eigenvalue weighted by Crippen LogP contribution is 2.28. The first-order valence-corrected chi connectivity index (χ1v) is 10.5. The van der Waals surface area contributed by atoms with Crippen molar-refractivity contribution in [2.45, 2.75) is 32.4 Å². The van der Waals surface area contributed by atoms with Gasteiger partial charge in [0, 0.05) is 37.4 Å². The quantitative estimate of drug-likeness (QED) is 0.396. The highest BCUT2D eigenvalue weighted by Gasteiger charge is 2.21. The Morgan fingerprint density at radius 2 is 1.73 bits per heavy atom. The molecule has 0 unspecified atom stereocenters. The zero-order chi connectivity index (χ0) is 19.6. The maximum atomic E-state index is 6.42. The maximum absolute atomic E-state index is 6.42. The molecule has 0 atom stereocenters. The molecule has 2 heterocycles. The van der Waals surface area contributed by atoms with Gasteiger partial charge in [-0.3, -0.25) is 9.88 Å². The van der Waals surface area contributed by atoms with Gasteiger partial charge in [0.1, 0.15) is 11.9 Å². The molecule has 0 bridgehead atoms. The minimum absolute atomic E-state index is 0. The average Bonchev–Trinajstić information content (AvgIpc) is 2.76. The highest BCUT2D eigenvalue weighted by atomic mass is 35.5. The smallest absolute Gasteiger partial charge is 0.123 e. The molecular weight excluding hydrogens is 392 g/mol. The van der Waals surface area contributed by atoms with Gasteiger partial charge >= 0.3 is 0 Å². The van der Waals surface area contributed by atoms with E-state index in [2.05, 4.69) is 77.5 Å². The summed E-state index contributed by atoms with van der Waals surface area (Å²) in [6.07, 6.45) is 6.18. The van der Waals surface area contributed by atoms with Crippen LogP contribution in [0.25, 0.3) is 21.5 Å². The molecule has 1 aromatic heterocycles. The minimum atomic E-state index is 0. The van der Waals surface area contributed by atoms with E-state index in [0.717, 1.165) is 38.2 Å². The van der Waals surface area contributed by atoms with Crippen molar-refractivity contribution in [3.05, 3.63) is 84.2 Å². The summed E-state index contributed by atoms with van der Waals surface area (Å²) >= 11 is 0. The zero-order valence-corrected chi connectivity index (χ0v) is 18.1. The molecule has 3 nitrogen and oxygen atoms in total. The predicted molar refractivity (Wildman–Crippen MR) is 127 cm³/mol. The number of benzene rings is 3. The number of ether oxygens (including phenoxy) is 1. The first-order valence-electron chi connectivity index (χ1n) is 10.5. The van der Waals surface area contributed by atoms with Crippen molar-refractivity contribution in [3.63, 3.8) is 0 Å². The summed E-state index contributed by atoms with van der Waals surface area (Å²) < 4.78 is 6.42. The normalized spacial score (nSPS) is 15.2. The van der Waals surface area contributed by atoms with Gasteiger partial charge in [0.2, 0.25) is 0 Å². The molecular formula is C26H27ClN2O. The largest absolute Gasteiger partial charge is 0.490 e. The molecule has 4 heteroatoms. The standard InChI is InChI=1S/C26H26N2O.ClH/c1-19-15-23-17-27-12-9-21(23)16-26(19)29-24-10-13-28(14-11-24)18-22-7-4-6-20-5-2-3-8-25(20)22;/h2-9,12,15-17,24H,10-11,13-14,18H2,1H3;1H. The average molecular weight is 419 g/mol. The molecule has 1 aliphatic heterocycles. The number of hydrogen-bond donors (Lipinski definition) is 0. The fourth-order valence-electron chi connectivity index (χ4n) is 4.39. The van der Waals surface area contributed by atoms with E-state index >= 15 is 0 Å². The van der Waals surface area contributed by atoms with Gasteiger partial charge in [-0.1, -0.05) is 42.5 Å². The maximum Gasteiger partial charge on any atom is 0.123 e. The van der Waals surface area contributed by atoms with Gasteiger partial charge < -0.3 is 4.74 Å². The third-order valence-electron chi connectivity index (χ3n) is 6.04.